The van der Waals surface area contributed by atoms with E-state index in [2.05, 4.69) is 36.2 Å². The molecule has 0 unspecified atom stereocenters. The molecule has 0 amide bonds. The maximum atomic E-state index is 14.4. The molecule has 2 aliphatic heterocycles. The second kappa shape index (κ2) is 9.54. The Hall–Kier alpha value is -4.07. The molecule has 2 aliphatic rings. The van der Waals surface area contributed by atoms with Crippen LogP contribution in [0.2, 0.25) is 0 Å². The molecule has 3 heterocycles. The molecule has 0 saturated carbocycles. The van der Waals surface area contributed by atoms with Crippen molar-refractivity contribution < 1.29 is 26.3 Å². The van der Waals surface area contributed by atoms with Crippen molar-refractivity contribution in [2.75, 3.05) is 12.5 Å². The number of alkyl halides is 1. The van der Waals surface area contributed by atoms with Gasteiger partial charge in [0.05, 0.1) is 5.45 Å². The average Bonchev–Trinajstić information content (AvgIpc) is 3.51. The third kappa shape index (κ3) is 4.00. The molecule has 6 nitrogen and oxygen atoms in total. The molecule has 3 aromatic carbocycles. The fourth-order valence-electron chi connectivity index (χ4n) is 4.77. The van der Waals surface area contributed by atoms with E-state index in [0.717, 1.165) is 40.9 Å². The molecule has 6 rings (SSSR count). The van der Waals surface area contributed by atoms with Gasteiger partial charge in [-0.2, -0.15) is 0 Å². The Balaban J connectivity index is 1.60. The van der Waals surface area contributed by atoms with Gasteiger partial charge in [0.2, 0.25) is 7.98 Å². The maximum absolute atomic E-state index is 14.4. The third-order valence-corrected chi connectivity index (χ3v) is 7.26. The molecule has 2 radical (unpaired) electrons. The van der Waals surface area contributed by atoms with E-state index in [9.17, 15) is 26.3 Å². The molecule has 0 spiro atoms. The van der Waals surface area contributed by atoms with Crippen LogP contribution in [0.5, 0.6) is 0 Å². The van der Waals surface area contributed by atoms with E-state index in [-0.39, 0.29) is 68.6 Å². The Morgan fingerprint density at radius 3 is 1.82 bits per heavy atom. The lowest BCUT2D eigenvalue weighted by atomic mass is 10.1. The highest BCUT2D eigenvalue weighted by molar-refractivity contribution is 9.09. The van der Waals surface area contributed by atoms with Gasteiger partial charge in [-0.25, -0.2) is 36.3 Å². The van der Waals surface area contributed by atoms with Crippen LogP contribution in [-0.2, 0) is 6.54 Å². The van der Waals surface area contributed by atoms with Crippen LogP contribution in [-0.4, -0.2) is 47.4 Å². The zero-order valence-electron chi connectivity index (χ0n) is 20.3. The van der Waals surface area contributed by atoms with Crippen LogP contribution in [0.15, 0.2) is 51.4 Å². The van der Waals surface area contributed by atoms with Crippen molar-refractivity contribution >= 4 is 63.8 Å². The Kier molecular flexibility index (Phi) is 6.24. The van der Waals surface area contributed by atoms with E-state index in [4.69, 9.17) is 7.98 Å². The van der Waals surface area contributed by atoms with Gasteiger partial charge in [-0.3, -0.25) is 4.99 Å². The van der Waals surface area contributed by atoms with Crippen molar-refractivity contribution in [3.8, 4) is 0 Å². The monoisotopic (exact) mass is 614 g/mol. The number of benzene rings is 3. The minimum atomic E-state index is -1.19. The lowest BCUT2D eigenvalue weighted by molar-refractivity contribution is 0.497. The molecule has 200 valence electrons. The lowest BCUT2D eigenvalue weighted by Gasteiger charge is -2.15. The summed E-state index contributed by atoms with van der Waals surface area (Å²) in [6.07, 6.45) is 0. The number of halogens is 7. The van der Waals surface area contributed by atoms with E-state index in [1.165, 1.54) is 7.05 Å². The van der Waals surface area contributed by atoms with E-state index in [1.54, 1.807) is 4.90 Å². The number of amidine groups is 3. The van der Waals surface area contributed by atoms with Crippen molar-refractivity contribution in [1.82, 2.24) is 14.7 Å². The Labute approximate surface area is 232 Å². The van der Waals surface area contributed by atoms with Crippen LogP contribution < -0.4 is 5.32 Å². The largest absolute Gasteiger partial charge is 0.367 e. The van der Waals surface area contributed by atoms with Crippen molar-refractivity contribution in [3.63, 3.8) is 0 Å². The Morgan fingerprint density at radius 1 is 0.750 bits per heavy atom. The number of aromatic nitrogens is 1. The van der Waals surface area contributed by atoms with Crippen LogP contribution in [0, 0.1) is 34.9 Å². The van der Waals surface area contributed by atoms with E-state index in [0.29, 0.717) is 5.56 Å². The molecule has 40 heavy (non-hydrogen) atoms. The second-order valence-electron chi connectivity index (χ2n) is 8.97. The Bertz CT molecular complexity index is 1850. The number of nitrogens with one attached hydrogen (secondary N) is 1. The maximum Gasteiger partial charge on any atom is 0.238 e. The first-order chi connectivity index (χ1) is 19.1. The summed E-state index contributed by atoms with van der Waals surface area (Å²) in [6.45, 7) is 0.194. The quantitative estimate of drug-likeness (QED) is 0.139. The Morgan fingerprint density at radius 2 is 1.25 bits per heavy atom. The van der Waals surface area contributed by atoms with E-state index >= 15 is 0 Å². The van der Waals surface area contributed by atoms with Gasteiger partial charge in [0.25, 0.3) is 0 Å². The average molecular weight is 615 g/mol. The minimum Gasteiger partial charge on any atom is -0.367 e. The van der Waals surface area contributed by atoms with Gasteiger partial charge in [0.15, 0.2) is 34.9 Å². The van der Waals surface area contributed by atoms with Crippen molar-refractivity contribution in [2.45, 2.75) is 6.54 Å². The summed E-state index contributed by atoms with van der Waals surface area (Å²) in [5, 5.41) is 2.97. The fraction of sp³-hybridized carbons (Fsp3) is 0.115. The molecule has 0 saturated heterocycles. The number of hydrogen-bond acceptors (Lipinski definition) is 3. The minimum absolute atomic E-state index is 0.0235. The first-order valence-corrected chi connectivity index (χ1v) is 12.7. The van der Waals surface area contributed by atoms with Crippen molar-refractivity contribution in [3.05, 3.63) is 93.6 Å². The predicted octanol–water partition coefficient (Wildman–Crippen LogP) is 5.71. The molecule has 0 aliphatic carbocycles. The topological polar surface area (TPSA) is 57.3 Å². The molecular weight excluding hydrogens is 601 g/mol. The van der Waals surface area contributed by atoms with Crippen LogP contribution in [0.25, 0.3) is 10.8 Å². The van der Waals surface area contributed by atoms with Gasteiger partial charge in [-0.05, 0) is 42.0 Å². The fourth-order valence-corrected chi connectivity index (χ4v) is 5.18. The number of rotatable bonds is 3. The van der Waals surface area contributed by atoms with E-state index in [1.807, 2.05) is 0 Å². The molecule has 4 aromatic rings. The summed E-state index contributed by atoms with van der Waals surface area (Å²) in [4.78, 5) is 14.7. The van der Waals surface area contributed by atoms with Gasteiger partial charge in [0, 0.05) is 41.1 Å². The van der Waals surface area contributed by atoms with Crippen LogP contribution in [0.1, 0.15) is 22.3 Å². The highest BCUT2D eigenvalue weighted by Crippen LogP contribution is 2.40. The SMILES string of the molecule is [B]n1c(N=C2NC(=NC)c3cc(F)c(F)cc32)c2cc(F)c(F)cc2c1N=C1c2cc(F)c(F)cc2CN1CBr. The van der Waals surface area contributed by atoms with E-state index < -0.39 is 34.9 Å². The zero-order valence-corrected chi connectivity index (χ0v) is 21.9. The normalized spacial score (nSPS) is 17.4. The van der Waals surface area contributed by atoms with Crippen molar-refractivity contribution in [2.24, 2.45) is 15.0 Å². The van der Waals surface area contributed by atoms with Gasteiger partial charge in [-0.1, -0.05) is 15.9 Å². The molecule has 1 N–H and O–H groups in total. The first-order valence-electron chi connectivity index (χ1n) is 11.6. The number of nitrogens with zero attached hydrogens (tertiary/aromatic N) is 5. The lowest BCUT2D eigenvalue weighted by Crippen LogP contribution is -2.23. The van der Waals surface area contributed by atoms with Crippen LogP contribution in [0.4, 0.5) is 38.0 Å². The van der Waals surface area contributed by atoms with Gasteiger partial charge < -0.3 is 14.7 Å². The summed E-state index contributed by atoms with van der Waals surface area (Å²) >= 11 is 3.33. The van der Waals surface area contributed by atoms with Crippen LogP contribution >= 0.6 is 15.9 Å². The number of hydrogen-bond donors (Lipinski definition) is 1. The molecule has 0 bridgehead atoms. The predicted molar refractivity (Wildman–Crippen MR) is 143 cm³/mol. The smallest absolute Gasteiger partial charge is 0.238 e. The highest BCUT2D eigenvalue weighted by Gasteiger charge is 2.30. The third-order valence-electron chi connectivity index (χ3n) is 6.65. The zero-order chi connectivity index (χ0) is 28.5. The van der Waals surface area contributed by atoms with Gasteiger partial charge >= 0.3 is 0 Å². The molecule has 14 heteroatoms. The van der Waals surface area contributed by atoms with Gasteiger partial charge in [0.1, 0.15) is 29.1 Å². The molecular formula is C26H14BBrF6N6. The molecule has 0 fully saturated rings. The second-order valence-corrected chi connectivity index (χ2v) is 9.48. The van der Waals surface area contributed by atoms with Gasteiger partial charge in [-0.15, -0.1) is 0 Å². The summed E-state index contributed by atoms with van der Waals surface area (Å²) < 4.78 is 85.9. The molecule has 0 atom stereocenters. The number of aliphatic imine (C=N–C) groups is 3. The highest BCUT2D eigenvalue weighted by atomic mass is 79.9. The standard InChI is InChI=1S/C26H14BBrF6N6/c1-35-22-12-4-18(31)19(32)5-13(12)23(36-22)37-25-14-6-20(33)21(34)7-15(14)26(40(25)27)38-24-11-3-17(30)16(29)2-10(11)8-39(24)9-28/h2-7H,8-9H2,1H3,(H,35,36,37). The summed E-state index contributed by atoms with van der Waals surface area (Å²) in [5.74, 6) is -6.43. The number of fused-ring (bicyclic) bond motifs is 3. The summed E-state index contributed by atoms with van der Waals surface area (Å²) in [5.41, 5.74) is 1.38. The summed E-state index contributed by atoms with van der Waals surface area (Å²) in [7, 11) is 7.81. The molecule has 1 aromatic heterocycles. The first kappa shape index (κ1) is 26.2. The van der Waals surface area contributed by atoms with Crippen LogP contribution in [0.3, 0.4) is 0 Å². The summed E-state index contributed by atoms with van der Waals surface area (Å²) in [6, 6.07) is 5.72. The van der Waals surface area contributed by atoms with Crippen molar-refractivity contribution in [1.29, 1.82) is 0 Å².